The number of urea groups is 1. The molecule has 0 saturated carbocycles. The lowest BCUT2D eigenvalue weighted by atomic mass is 9.99. The molecule has 0 aliphatic rings. The van der Waals surface area contributed by atoms with E-state index in [0.29, 0.717) is 6.42 Å². The van der Waals surface area contributed by atoms with Gasteiger partial charge in [0.2, 0.25) is 0 Å². The van der Waals surface area contributed by atoms with Gasteiger partial charge in [0.05, 0.1) is 12.1 Å². The predicted molar refractivity (Wildman–Crippen MR) is 136 cm³/mol. The Bertz CT molecular complexity index is 956. The Balaban J connectivity index is 2.16. The molecule has 0 aliphatic heterocycles. The number of benzene rings is 2. The van der Waals surface area contributed by atoms with Crippen LogP contribution in [0.3, 0.4) is 0 Å². The van der Waals surface area contributed by atoms with Gasteiger partial charge in [-0.2, -0.15) is 5.10 Å². The number of esters is 1. The fraction of sp³-hybridized carbons (Fsp3) is 0.308. The van der Waals surface area contributed by atoms with Crippen LogP contribution in [0.4, 0.5) is 4.79 Å². The second-order valence-electron chi connectivity index (χ2n) is 7.62. The van der Waals surface area contributed by atoms with Crippen molar-refractivity contribution in [1.29, 1.82) is 0 Å². The highest BCUT2D eigenvalue weighted by Crippen LogP contribution is 2.21. The van der Waals surface area contributed by atoms with E-state index in [2.05, 4.69) is 33.1 Å². The van der Waals surface area contributed by atoms with Gasteiger partial charge >= 0.3 is 12.0 Å². The zero-order chi connectivity index (χ0) is 25.5. The first-order valence-electron chi connectivity index (χ1n) is 11.5. The molecule has 9 heteroatoms. The smallest absolute Gasteiger partial charge is 0.335 e. The van der Waals surface area contributed by atoms with Crippen LogP contribution in [0, 0.1) is 0 Å². The molecule has 9 nitrogen and oxygen atoms in total. The molecule has 2 aromatic rings. The van der Waals surface area contributed by atoms with E-state index < -0.39 is 30.0 Å². The lowest BCUT2D eigenvalue weighted by Crippen LogP contribution is -2.47. The SMILES string of the molecule is C=CCOC(=O)CNC(=O)/C(=N/NC(=O)NC(c1ccccc1)c1ccccc1)C(CCC)NC. The molecule has 1 atom stereocenters. The number of carbonyl (C=O) groups excluding carboxylic acids is 3. The summed E-state index contributed by atoms with van der Waals surface area (Å²) in [6.07, 6.45) is 2.81. The molecule has 186 valence electrons. The van der Waals surface area contributed by atoms with E-state index in [0.717, 1.165) is 17.5 Å². The van der Waals surface area contributed by atoms with E-state index in [4.69, 9.17) is 4.74 Å². The first-order valence-corrected chi connectivity index (χ1v) is 11.5. The average Bonchev–Trinajstić information content (AvgIpc) is 2.89. The van der Waals surface area contributed by atoms with Crippen LogP contribution in [-0.4, -0.2) is 49.9 Å². The molecule has 0 aliphatic carbocycles. The third-order valence-electron chi connectivity index (χ3n) is 5.06. The zero-order valence-corrected chi connectivity index (χ0v) is 20.1. The fourth-order valence-electron chi connectivity index (χ4n) is 3.36. The number of hydrogen-bond acceptors (Lipinski definition) is 6. The molecule has 0 fully saturated rings. The summed E-state index contributed by atoms with van der Waals surface area (Å²) in [5.74, 6) is -1.19. The van der Waals surface area contributed by atoms with Crippen molar-refractivity contribution in [3.8, 4) is 0 Å². The van der Waals surface area contributed by atoms with Crippen LogP contribution in [0.25, 0.3) is 0 Å². The lowest BCUT2D eigenvalue weighted by Gasteiger charge is -2.20. The maximum atomic E-state index is 12.8. The fourth-order valence-corrected chi connectivity index (χ4v) is 3.36. The topological polar surface area (TPSA) is 121 Å². The van der Waals surface area contributed by atoms with Gasteiger partial charge in [-0.15, -0.1) is 0 Å². The van der Waals surface area contributed by atoms with Crippen LogP contribution in [-0.2, 0) is 14.3 Å². The van der Waals surface area contributed by atoms with Gasteiger partial charge in [0.1, 0.15) is 18.9 Å². The van der Waals surface area contributed by atoms with Crippen LogP contribution in [0.1, 0.15) is 36.9 Å². The highest BCUT2D eigenvalue weighted by Gasteiger charge is 2.23. The van der Waals surface area contributed by atoms with Crippen molar-refractivity contribution in [1.82, 2.24) is 21.4 Å². The van der Waals surface area contributed by atoms with Crippen molar-refractivity contribution in [3.63, 3.8) is 0 Å². The van der Waals surface area contributed by atoms with Crippen LogP contribution < -0.4 is 21.4 Å². The summed E-state index contributed by atoms with van der Waals surface area (Å²) in [7, 11) is 1.70. The summed E-state index contributed by atoms with van der Waals surface area (Å²) in [5.41, 5.74) is 4.28. The van der Waals surface area contributed by atoms with E-state index in [1.165, 1.54) is 6.08 Å². The molecule has 0 radical (unpaired) electrons. The first kappa shape index (κ1) is 27.3. The summed E-state index contributed by atoms with van der Waals surface area (Å²) in [6.45, 7) is 5.16. The molecule has 4 N–H and O–H groups in total. The number of rotatable bonds is 13. The minimum atomic E-state index is -0.603. The van der Waals surface area contributed by atoms with Crippen LogP contribution in [0.5, 0.6) is 0 Å². The number of carbonyl (C=O) groups is 3. The highest BCUT2D eigenvalue weighted by molar-refractivity contribution is 6.41. The van der Waals surface area contributed by atoms with Gasteiger partial charge in [-0.3, -0.25) is 9.59 Å². The first-order chi connectivity index (χ1) is 17.0. The standard InChI is InChI=1S/C26H33N5O4/c1-4-12-21(27-3)24(25(33)28-18-22(32)35-17-5-2)30-31-26(34)29-23(19-13-8-6-9-14-19)20-15-10-7-11-16-20/h5-11,13-16,21,23,27H,2,4,12,17-18H2,1,3H3,(H,28,33)(H2,29,31,34)/b30-24+. The maximum Gasteiger partial charge on any atom is 0.335 e. The third kappa shape index (κ3) is 9.05. The number of nitrogens with one attached hydrogen (secondary N) is 4. The van der Waals surface area contributed by atoms with Gasteiger partial charge in [-0.25, -0.2) is 10.2 Å². The molecule has 2 rings (SSSR count). The van der Waals surface area contributed by atoms with Gasteiger partial charge in [0.15, 0.2) is 0 Å². The lowest BCUT2D eigenvalue weighted by molar-refractivity contribution is -0.142. The second kappa shape index (κ2) is 15.0. The summed E-state index contributed by atoms with van der Waals surface area (Å²) in [6, 6.07) is 17.7. The van der Waals surface area contributed by atoms with Gasteiger partial charge in [0.25, 0.3) is 5.91 Å². The Hall–Kier alpha value is -3.98. The van der Waals surface area contributed by atoms with Crippen molar-refractivity contribution < 1.29 is 19.1 Å². The summed E-state index contributed by atoms with van der Waals surface area (Å²) < 4.78 is 4.87. The molecule has 0 bridgehead atoms. The van der Waals surface area contributed by atoms with Crippen molar-refractivity contribution in [2.75, 3.05) is 20.2 Å². The number of amides is 3. The van der Waals surface area contributed by atoms with Gasteiger partial charge in [-0.05, 0) is 24.6 Å². The minimum Gasteiger partial charge on any atom is -0.460 e. The molecular weight excluding hydrogens is 446 g/mol. The summed E-state index contributed by atoms with van der Waals surface area (Å²) >= 11 is 0. The molecule has 0 saturated heterocycles. The summed E-state index contributed by atoms with van der Waals surface area (Å²) in [5, 5.41) is 12.5. The number of ether oxygens (including phenoxy) is 1. The Labute approximate surface area is 206 Å². The van der Waals surface area contributed by atoms with Crippen LogP contribution >= 0.6 is 0 Å². The zero-order valence-electron chi connectivity index (χ0n) is 20.1. The number of hydrazone groups is 1. The second-order valence-corrected chi connectivity index (χ2v) is 7.62. The van der Waals surface area contributed by atoms with E-state index in [9.17, 15) is 14.4 Å². The van der Waals surface area contributed by atoms with E-state index >= 15 is 0 Å². The average molecular weight is 480 g/mol. The van der Waals surface area contributed by atoms with Crippen molar-refractivity contribution in [2.45, 2.75) is 31.8 Å². The van der Waals surface area contributed by atoms with E-state index in [1.54, 1.807) is 7.05 Å². The van der Waals surface area contributed by atoms with Crippen molar-refractivity contribution in [3.05, 3.63) is 84.4 Å². The highest BCUT2D eigenvalue weighted by atomic mass is 16.5. The quantitative estimate of drug-likeness (QED) is 0.152. The Morgan fingerprint density at radius 2 is 1.63 bits per heavy atom. The third-order valence-corrected chi connectivity index (χ3v) is 5.06. The van der Waals surface area contributed by atoms with Crippen molar-refractivity contribution >= 4 is 23.6 Å². The van der Waals surface area contributed by atoms with E-state index in [1.807, 2.05) is 67.6 Å². The van der Waals surface area contributed by atoms with Gasteiger partial charge in [0, 0.05) is 0 Å². The monoisotopic (exact) mass is 479 g/mol. The van der Waals surface area contributed by atoms with Crippen LogP contribution in [0.2, 0.25) is 0 Å². The number of hydrogen-bond donors (Lipinski definition) is 4. The molecular formula is C26H33N5O4. The van der Waals surface area contributed by atoms with Gasteiger partial charge < -0.3 is 20.7 Å². The Morgan fingerprint density at radius 1 is 1.03 bits per heavy atom. The van der Waals surface area contributed by atoms with Crippen LogP contribution in [0.15, 0.2) is 78.4 Å². The number of nitrogens with zero attached hydrogens (tertiary/aromatic N) is 1. The molecule has 3 amide bonds. The minimum absolute atomic E-state index is 0.0519. The van der Waals surface area contributed by atoms with Crippen molar-refractivity contribution in [2.24, 2.45) is 5.10 Å². The largest absolute Gasteiger partial charge is 0.460 e. The normalized spacial score (nSPS) is 11.9. The maximum absolute atomic E-state index is 12.8. The molecule has 2 aromatic carbocycles. The molecule has 0 heterocycles. The van der Waals surface area contributed by atoms with Gasteiger partial charge in [-0.1, -0.05) is 86.7 Å². The molecule has 35 heavy (non-hydrogen) atoms. The van der Waals surface area contributed by atoms with E-state index in [-0.39, 0.29) is 18.9 Å². The predicted octanol–water partition coefficient (Wildman–Crippen LogP) is 2.66. The molecule has 1 unspecified atom stereocenters. The molecule has 0 spiro atoms. The Morgan fingerprint density at radius 3 is 2.14 bits per heavy atom. The molecule has 0 aromatic heterocycles. The Kier molecular flexibility index (Phi) is 11.7. The summed E-state index contributed by atoms with van der Waals surface area (Å²) in [4.78, 5) is 37.3.